The molecule has 1 aliphatic rings. The van der Waals surface area contributed by atoms with Gasteiger partial charge in [-0.15, -0.1) is 0 Å². The van der Waals surface area contributed by atoms with Gasteiger partial charge in [0.25, 0.3) is 0 Å². The number of hydrogen-bond donors (Lipinski definition) is 2. The van der Waals surface area contributed by atoms with Gasteiger partial charge in [0.1, 0.15) is 0 Å². The predicted molar refractivity (Wildman–Crippen MR) is 96.5 cm³/mol. The van der Waals surface area contributed by atoms with E-state index in [-0.39, 0.29) is 4.75 Å². The van der Waals surface area contributed by atoms with Crippen LogP contribution in [0, 0.1) is 0 Å². The Hall–Kier alpha value is -0.420. The molecule has 0 amide bonds. The first kappa shape index (κ1) is 18.6. The Kier molecular flexibility index (Phi) is 8.49. The lowest BCUT2D eigenvalue weighted by molar-refractivity contribution is 0.159. The summed E-state index contributed by atoms with van der Waals surface area (Å²) in [4.78, 5) is 6.92. The van der Waals surface area contributed by atoms with Gasteiger partial charge in [-0.25, -0.2) is 0 Å². The van der Waals surface area contributed by atoms with Crippen LogP contribution in [0.25, 0.3) is 0 Å². The molecule has 124 valence electrons. The molecule has 0 saturated carbocycles. The van der Waals surface area contributed by atoms with Crippen molar-refractivity contribution < 1.29 is 0 Å². The van der Waals surface area contributed by atoms with Crippen molar-refractivity contribution in [3.05, 3.63) is 0 Å². The number of nitrogens with one attached hydrogen (secondary N) is 2. The zero-order valence-electron chi connectivity index (χ0n) is 14.5. The van der Waals surface area contributed by atoms with Gasteiger partial charge in [0.2, 0.25) is 0 Å². The summed E-state index contributed by atoms with van der Waals surface area (Å²) in [7, 11) is 1.84. The summed E-state index contributed by atoms with van der Waals surface area (Å²) in [5.74, 6) is 0.920. The zero-order valence-corrected chi connectivity index (χ0v) is 15.4. The van der Waals surface area contributed by atoms with Gasteiger partial charge in [-0.3, -0.25) is 4.99 Å². The van der Waals surface area contributed by atoms with E-state index >= 15 is 0 Å². The van der Waals surface area contributed by atoms with Crippen LogP contribution in [0.4, 0.5) is 0 Å². The van der Waals surface area contributed by atoms with Crippen molar-refractivity contribution in [3.63, 3.8) is 0 Å². The number of thioether (sulfide) groups is 1. The first-order valence-corrected chi connectivity index (χ1v) is 9.44. The van der Waals surface area contributed by atoms with Gasteiger partial charge in [-0.05, 0) is 52.8 Å². The molecule has 0 aromatic heterocycles. The maximum absolute atomic E-state index is 4.30. The highest BCUT2D eigenvalue weighted by molar-refractivity contribution is 7.99. The molecule has 1 unspecified atom stereocenters. The summed E-state index contributed by atoms with van der Waals surface area (Å²) < 4.78 is 0.237. The number of likely N-dealkylation sites (tertiary alicyclic amines) is 1. The summed E-state index contributed by atoms with van der Waals surface area (Å²) in [6.45, 7) is 11.2. The largest absolute Gasteiger partial charge is 0.356 e. The number of rotatable bonds is 7. The summed E-state index contributed by atoms with van der Waals surface area (Å²) in [5.41, 5.74) is 0. The molecule has 0 aliphatic carbocycles. The SMILES string of the molecule is CN=C(NCCCN1CCCCC1C)NCC(C)(C)SC. The van der Waals surface area contributed by atoms with Crippen molar-refractivity contribution >= 4 is 17.7 Å². The van der Waals surface area contributed by atoms with E-state index in [2.05, 4.69) is 47.6 Å². The Bertz CT molecular complexity index is 317. The third-order valence-electron chi connectivity index (χ3n) is 4.31. The van der Waals surface area contributed by atoms with Gasteiger partial charge >= 0.3 is 0 Å². The van der Waals surface area contributed by atoms with Crippen molar-refractivity contribution in [3.8, 4) is 0 Å². The van der Waals surface area contributed by atoms with E-state index in [1.165, 1.54) is 38.8 Å². The van der Waals surface area contributed by atoms with Gasteiger partial charge in [0.15, 0.2) is 5.96 Å². The standard InChI is InChI=1S/C16H34N4S/c1-14-9-6-7-11-20(14)12-8-10-18-15(17-4)19-13-16(2,3)21-5/h14H,6-13H2,1-5H3,(H2,17,18,19). The Morgan fingerprint density at radius 3 is 2.71 bits per heavy atom. The van der Waals surface area contributed by atoms with Crippen LogP contribution in [0.3, 0.4) is 0 Å². The van der Waals surface area contributed by atoms with Gasteiger partial charge in [0.05, 0.1) is 0 Å². The highest BCUT2D eigenvalue weighted by Crippen LogP contribution is 2.19. The number of piperidine rings is 1. The maximum atomic E-state index is 4.30. The molecule has 0 aromatic carbocycles. The van der Waals surface area contributed by atoms with Crippen LogP contribution in [-0.4, -0.2) is 61.1 Å². The quantitative estimate of drug-likeness (QED) is 0.430. The van der Waals surface area contributed by atoms with Crippen LogP contribution in [0.5, 0.6) is 0 Å². The molecule has 0 radical (unpaired) electrons. The van der Waals surface area contributed by atoms with Crippen LogP contribution in [-0.2, 0) is 0 Å². The number of guanidine groups is 1. The third kappa shape index (κ3) is 7.41. The van der Waals surface area contributed by atoms with Crippen molar-refractivity contribution in [2.45, 2.75) is 57.2 Å². The lowest BCUT2D eigenvalue weighted by atomic mass is 10.0. The summed E-state index contributed by atoms with van der Waals surface area (Å²) in [6, 6.07) is 0.763. The number of nitrogens with zero attached hydrogens (tertiary/aromatic N) is 2. The molecule has 1 saturated heterocycles. The maximum Gasteiger partial charge on any atom is 0.191 e. The van der Waals surface area contributed by atoms with Crippen molar-refractivity contribution in [2.75, 3.05) is 39.5 Å². The molecule has 0 aromatic rings. The van der Waals surface area contributed by atoms with Crippen molar-refractivity contribution in [1.29, 1.82) is 0 Å². The highest BCUT2D eigenvalue weighted by Gasteiger charge is 2.18. The Labute approximate surface area is 135 Å². The molecule has 1 fully saturated rings. The lowest BCUT2D eigenvalue weighted by Crippen LogP contribution is -2.44. The normalized spacial score (nSPS) is 21.4. The third-order valence-corrected chi connectivity index (χ3v) is 5.56. The van der Waals surface area contributed by atoms with Crippen LogP contribution in [0.2, 0.25) is 0 Å². The molecular weight excluding hydrogens is 280 g/mol. The fourth-order valence-corrected chi connectivity index (χ4v) is 2.78. The molecule has 4 nitrogen and oxygen atoms in total. The van der Waals surface area contributed by atoms with Crippen LogP contribution < -0.4 is 10.6 Å². The molecular formula is C16H34N4S. The van der Waals surface area contributed by atoms with E-state index in [9.17, 15) is 0 Å². The molecule has 0 spiro atoms. The van der Waals surface area contributed by atoms with Crippen LogP contribution in [0.1, 0.15) is 46.5 Å². The fourth-order valence-electron chi connectivity index (χ4n) is 2.57. The van der Waals surface area contributed by atoms with Gasteiger partial charge < -0.3 is 15.5 Å². The first-order valence-electron chi connectivity index (χ1n) is 8.22. The molecule has 1 aliphatic heterocycles. The zero-order chi connectivity index (χ0) is 15.7. The van der Waals surface area contributed by atoms with E-state index < -0.39 is 0 Å². The van der Waals surface area contributed by atoms with E-state index in [1.807, 2.05) is 18.8 Å². The van der Waals surface area contributed by atoms with E-state index in [0.717, 1.165) is 25.1 Å². The number of aliphatic imine (C=N–C) groups is 1. The smallest absolute Gasteiger partial charge is 0.191 e. The molecule has 1 rings (SSSR count). The number of hydrogen-bond acceptors (Lipinski definition) is 3. The molecule has 1 heterocycles. The topological polar surface area (TPSA) is 39.7 Å². The van der Waals surface area contributed by atoms with Gasteiger partial charge in [0, 0.05) is 37.5 Å². The molecule has 1 atom stereocenters. The Morgan fingerprint density at radius 1 is 1.33 bits per heavy atom. The Morgan fingerprint density at radius 2 is 2.10 bits per heavy atom. The molecule has 2 N–H and O–H groups in total. The first-order chi connectivity index (χ1) is 9.98. The minimum Gasteiger partial charge on any atom is -0.356 e. The minimum absolute atomic E-state index is 0.237. The summed E-state index contributed by atoms with van der Waals surface area (Å²) >= 11 is 1.87. The second-order valence-corrected chi connectivity index (χ2v) is 8.06. The van der Waals surface area contributed by atoms with Gasteiger partial charge in [-0.1, -0.05) is 6.42 Å². The second-order valence-electron chi connectivity index (χ2n) is 6.55. The highest BCUT2D eigenvalue weighted by atomic mass is 32.2. The Balaban J connectivity index is 2.17. The lowest BCUT2D eigenvalue weighted by Gasteiger charge is -2.33. The predicted octanol–water partition coefficient (Wildman–Crippen LogP) is 2.56. The van der Waals surface area contributed by atoms with E-state index in [0.29, 0.717) is 0 Å². The average Bonchev–Trinajstić information content (AvgIpc) is 2.48. The van der Waals surface area contributed by atoms with Crippen LogP contribution in [0.15, 0.2) is 4.99 Å². The molecule has 0 bridgehead atoms. The summed E-state index contributed by atoms with van der Waals surface area (Å²) in [6.07, 6.45) is 7.46. The van der Waals surface area contributed by atoms with Gasteiger partial charge in [-0.2, -0.15) is 11.8 Å². The minimum atomic E-state index is 0.237. The summed E-state index contributed by atoms with van der Waals surface area (Å²) in [5, 5.41) is 6.84. The second kappa shape index (κ2) is 9.57. The van der Waals surface area contributed by atoms with Crippen molar-refractivity contribution in [2.24, 2.45) is 4.99 Å². The van der Waals surface area contributed by atoms with E-state index in [4.69, 9.17) is 0 Å². The van der Waals surface area contributed by atoms with Crippen molar-refractivity contribution in [1.82, 2.24) is 15.5 Å². The average molecular weight is 315 g/mol. The van der Waals surface area contributed by atoms with Crippen LogP contribution >= 0.6 is 11.8 Å². The fraction of sp³-hybridized carbons (Fsp3) is 0.938. The monoisotopic (exact) mass is 314 g/mol. The van der Waals surface area contributed by atoms with E-state index in [1.54, 1.807) is 0 Å². The molecule has 21 heavy (non-hydrogen) atoms. The molecule has 5 heteroatoms.